The lowest BCUT2D eigenvalue weighted by Gasteiger charge is -2.48. The third-order valence-electron chi connectivity index (χ3n) is 7.35. The molecule has 2 aliphatic carbocycles. The van der Waals surface area contributed by atoms with Crippen LogP contribution in [-0.4, -0.2) is 49.1 Å². The monoisotopic (exact) mass is 321 g/mol. The molecule has 1 saturated heterocycles. The van der Waals surface area contributed by atoms with Crippen molar-refractivity contribution < 1.29 is 4.79 Å². The molecule has 0 spiro atoms. The lowest BCUT2D eigenvalue weighted by molar-refractivity contribution is -0.124. The van der Waals surface area contributed by atoms with Gasteiger partial charge >= 0.3 is 0 Å². The van der Waals surface area contributed by atoms with Gasteiger partial charge in [-0.3, -0.25) is 4.79 Å². The lowest BCUT2D eigenvalue weighted by atomic mass is 9.64. The van der Waals surface area contributed by atoms with Crippen molar-refractivity contribution in [3.8, 4) is 0 Å². The molecule has 2 N–H and O–H groups in total. The summed E-state index contributed by atoms with van der Waals surface area (Å²) in [7, 11) is 0. The zero-order valence-electron chi connectivity index (χ0n) is 15.3. The minimum Gasteiger partial charge on any atom is -0.349 e. The highest BCUT2D eigenvalue weighted by Gasteiger charge is 2.60. The Kier molecular flexibility index (Phi) is 5.03. The van der Waals surface area contributed by atoms with Crippen molar-refractivity contribution >= 4 is 5.91 Å². The van der Waals surface area contributed by atoms with Crippen LogP contribution in [0.1, 0.15) is 59.3 Å². The van der Waals surface area contributed by atoms with Gasteiger partial charge in [-0.2, -0.15) is 0 Å². The summed E-state index contributed by atoms with van der Waals surface area (Å²) >= 11 is 0. The predicted molar refractivity (Wildman–Crippen MR) is 94.3 cm³/mol. The first-order valence-corrected chi connectivity index (χ1v) is 9.67. The number of carbonyl (C=O) groups is 1. The molecule has 1 aliphatic heterocycles. The van der Waals surface area contributed by atoms with Crippen LogP contribution in [0.2, 0.25) is 0 Å². The van der Waals surface area contributed by atoms with Crippen molar-refractivity contribution in [3.63, 3.8) is 0 Å². The first kappa shape index (κ1) is 17.2. The molecule has 132 valence electrons. The van der Waals surface area contributed by atoms with Gasteiger partial charge in [0, 0.05) is 18.6 Å². The molecule has 4 nitrogen and oxygen atoms in total. The SMILES string of the molecule is CC1(C)[C@@H]2CC[C@H](C2)[C@@]1(C)NC(=O)CNCCN1CCCCC1. The van der Waals surface area contributed by atoms with E-state index in [0.717, 1.165) is 19.0 Å². The van der Waals surface area contributed by atoms with Crippen LogP contribution in [0.3, 0.4) is 0 Å². The summed E-state index contributed by atoms with van der Waals surface area (Å²) in [5, 5.41) is 6.74. The molecule has 3 rings (SSSR count). The van der Waals surface area contributed by atoms with E-state index >= 15 is 0 Å². The summed E-state index contributed by atoms with van der Waals surface area (Å²) in [6.45, 7) is 11.9. The fourth-order valence-corrected chi connectivity index (χ4v) is 5.33. The van der Waals surface area contributed by atoms with Crippen LogP contribution in [0.25, 0.3) is 0 Å². The van der Waals surface area contributed by atoms with Crippen LogP contribution in [0.4, 0.5) is 0 Å². The van der Waals surface area contributed by atoms with Gasteiger partial charge in [0.25, 0.3) is 0 Å². The summed E-state index contributed by atoms with van der Waals surface area (Å²) < 4.78 is 0. The van der Waals surface area contributed by atoms with Crippen LogP contribution in [0.5, 0.6) is 0 Å². The Labute approximate surface area is 141 Å². The van der Waals surface area contributed by atoms with E-state index in [-0.39, 0.29) is 16.9 Å². The van der Waals surface area contributed by atoms with Crippen molar-refractivity contribution in [2.24, 2.45) is 17.3 Å². The first-order chi connectivity index (χ1) is 10.9. The molecule has 0 radical (unpaired) electrons. The first-order valence-electron chi connectivity index (χ1n) is 9.67. The molecule has 1 heterocycles. The summed E-state index contributed by atoms with van der Waals surface area (Å²) in [6.07, 6.45) is 7.96. The quantitative estimate of drug-likeness (QED) is 0.738. The number of fused-ring (bicyclic) bond motifs is 2. The number of hydrogen-bond donors (Lipinski definition) is 2. The number of rotatable bonds is 6. The van der Waals surface area contributed by atoms with Crippen LogP contribution in [0, 0.1) is 17.3 Å². The van der Waals surface area contributed by atoms with Gasteiger partial charge in [-0.1, -0.05) is 20.3 Å². The van der Waals surface area contributed by atoms with E-state index < -0.39 is 0 Å². The van der Waals surface area contributed by atoms with Crippen molar-refractivity contribution in [1.82, 2.24) is 15.5 Å². The molecule has 3 aliphatic rings. The average Bonchev–Trinajstić information content (AvgIpc) is 3.08. The molecular weight excluding hydrogens is 286 g/mol. The maximum absolute atomic E-state index is 12.4. The van der Waals surface area contributed by atoms with Gasteiger partial charge in [0.15, 0.2) is 0 Å². The lowest BCUT2D eigenvalue weighted by Crippen LogP contribution is -2.60. The fraction of sp³-hybridized carbons (Fsp3) is 0.947. The van der Waals surface area contributed by atoms with E-state index in [1.807, 2.05) is 0 Å². The normalized spacial score (nSPS) is 36.3. The molecule has 4 heteroatoms. The third kappa shape index (κ3) is 3.30. The molecule has 0 aromatic heterocycles. The number of carbonyl (C=O) groups excluding carboxylic acids is 1. The minimum absolute atomic E-state index is 0.0262. The summed E-state index contributed by atoms with van der Waals surface area (Å²) in [5.74, 6) is 1.62. The Bertz CT molecular complexity index is 430. The molecule has 23 heavy (non-hydrogen) atoms. The average molecular weight is 322 g/mol. The minimum atomic E-state index is -0.0262. The number of amides is 1. The number of hydrogen-bond acceptors (Lipinski definition) is 3. The van der Waals surface area contributed by atoms with Crippen molar-refractivity contribution in [1.29, 1.82) is 0 Å². The van der Waals surface area contributed by atoms with Gasteiger partial charge in [-0.25, -0.2) is 0 Å². The van der Waals surface area contributed by atoms with Crippen LogP contribution >= 0.6 is 0 Å². The number of piperidine rings is 1. The zero-order chi connectivity index (χ0) is 16.5. The second kappa shape index (κ2) is 6.72. The van der Waals surface area contributed by atoms with Gasteiger partial charge in [0.05, 0.1) is 6.54 Å². The Morgan fingerprint density at radius 3 is 2.43 bits per heavy atom. The van der Waals surface area contributed by atoms with Gasteiger partial charge in [-0.05, 0) is 69.4 Å². The number of nitrogens with zero attached hydrogens (tertiary/aromatic N) is 1. The second-order valence-corrected chi connectivity index (χ2v) is 8.76. The Hall–Kier alpha value is -0.610. The van der Waals surface area contributed by atoms with E-state index in [2.05, 4.69) is 36.3 Å². The van der Waals surface area contributed by atoms with Crippen molar-refractivity contribution in [3.05, 3.63) is 0 Å². The standard InChI is InChI=1S/C19H35N3O/c1-18(2)15-7-8-16(13-15)19(18,3)21-17(23)14-20-9-12-22-10-5-4-6-11-22/h15-16,20H,4-14H2,1-3H3,(H,21,23)/t15-,16-,19-/m1/s1. The third-order valence-corrected chi connectivity index (χ3v) is 7.35. The topological polar surface area (TPSA) is 44.4 Å². The molecule has 2 saturated carbocycles. The van der Waals surface area contributed by atoms with Crippen molar-refractivity contribution in [2.75, 3.05) is 32.7 Å². The molecule has 0 aromatic carbocycles. The summed E-state index contributed by atoms with van der Waals surface area (Å²) in [4.78, 5) is 14.9. The fourth-order valence-electron chi connectivity index (χ4n) is 5.33. The van der Waals surface area contributed by atoms with Gasteiger partial charge in [-0.15, -0.1) is 0 Å². The smallest absolute Gasteiger partial charge is 0.234 e. The highest BCUT2D eigenvalue weighted by atomic mass is 16.2. The van der Waals surface area contributed by atoms with Gasteiger partial charge < -0.3 is 15.5 Å². The zero-order valence-corrected chi connectivity index (χ0v) is 15.3. The van der Waals surface area contributed by atoms with Gasteiger partial charge in [0.2, 0.25) is 5.91 Å². The van der Waals surface area contributed by atoms with Gasteiger partial charge in [0.1, 0.15) is 0 Å². The Morgan fingerprint density at radius 2 is 1.78 bits per heavy atom. The predicted octanol–water partition coefficient (Wildman–Crippen LogP) is 2.39. The van der Waals surface area contributed by atoms with E-state index in [0.29, 0.717) is 12.5 Å². The number of likely N-dealkylation sites (tertiary alicyclic amines) is 1. The largest absolute Gasteiger partial charge is 0.349 e. The van der Waals surface area contributed by atoms with E-state index in [9.17, 15) is 4.79 Å². The summed E-state index contributed by atoms with van der Waals surface area (Å²) in [5.41, 5.74) is 0.195. The molecule has 3 atom stereocenters. The Balaban J connectivity index is 1.41. The van der Waals surface area contributed by atoms with Crippen LogP contribution in [-0.2, 0) is 4.79 Å². The van der Waals surface area contributed by atoms with Crippen molar-refractivity contribution in [2.45, 2.75) is 64.8 Å². The highest BCUT2D eigenvalue weighted by molar-refractivity contribution is 5.79. The van der Waals surface area contributed by atoms with E-state index in [1.165, 1.54) is 51.6 Å². The van der Waals surface area contributed by atoms with E-state index in [4.69, 9.17) is 0 Å². The number of nitrogens with one attached hydrogen (secondary N) is 2. The molecular formula is C19H35N3O. The summed E-state index contributed by atoms with van der Waals surface area (Å²) in [6, 6.07) is 0. The maximum atomic E-state index is 12.4. The second-order valence-electron chi connectivity index (χ2n) is 8.76. The molecule has 1 amide bonds. The molecule has 0 unspecified atom stereocenters. The molecule has 3 fully saturated rings. The molecule has 0 aromatic rings. The van der Waals surface area contributed by atoms with Crippen LogP contribution in [0.15, 0.2) is 0 Å². The van der Waals surface area contributed by atoms with Crippen LogP contribution < -0.4 is 10.6 Å². The Morgan fingerprint density at radius 1 is 1.09 bits per heavy atom. The van der Waals surface area contributed by atoms with E-state index in [1.54, 1.807) is 0 Å². The maximum Gasteiger partial charge on any atom is 0.234 e. The molecule has 2 bridgehead atoms. The highest BCUT2D eigenvalue weighted by Crippen LogP contribution is 2.61.